The largest absolute Gasteiger partial charge is 0.480 e. The minimum Gasteiger partial charge on any atom is -0.480 e. The number of benzene rings is 2. The molecule has 0 aromatic heterocycles. The zero-order chi connectivity index (χ0) is 15.2. The van der Waals surface area contributed by atoms with Crippen molar-refractivity contribution in [3.8, 4) is 0 Å². The molecule has 5 heteroatoms. The summed E-state index contributed by atoms with van der Waals surface area (Å²) in [6, 6.07) is 12.4. The molecule has 0 bridgehead atoms. The summed E-state index contributed by atoms with van der Waals surface area (Å²) in [5.41, 5.74) is 1.08. The number of aliphatic carboxylic acids is 1. The first-order valence-electron chi connectivity index (χ1n) is 6.38. The molecule has 2 aromatic rings. The van der Waals surface area contributed by atoms with Crippen LogP contribution in [0, 0.1) is 11.6 Å². The zero-order valence-corrected chi connectivity index (χ0v) is 11.9. The molecule has 0 fully saturated rings. The smallest absolute Gasteiger partial charge is 0.316 e. The van der Waals surface area contributed by atoms with Gasteiger partial charge in [0.2, 0.25) is 0 Å². The van der Waals surface area contributed by atoms with E-state index in [0.717, 1.165) is 35.5 Å². The van der Waals surface area contributed by atoms with Crippen LogP contribution in [0.2, 0.25) is 0 Å². The third kappa shape index (κ3) is 4.56. The van der Waals surface area contributed by atoms with Gasteiger partial charge in [0, 0.05) is 11.3 Å². The lowest BCUT2D eigenvalue weighted by Crippen LogP contribution is -2.19. The van der Waals surface area contributed by atoms with E-state index < -0.39 is 22.9 Å². The second-order valence-corrected chi connectivity index (χ2v) is 5.75. The van der Waals surface area contributed by atoms with Crippen molar-refractivity contribution in [1.29, 1.82) is 0 Å². The summed E-state index contributed by atoms with van der Waals surface area (Å²) in [4.78, 5) is 11.3. The Labute approximate surface area is 125 Å². The molecule has 0 aliphatic rings. The molecule has 0 aliphatic heterocycles. The fraction of sp³-hybridized carbons (Fsp3) is 0.188. The standard InChI is InChI=1S/C16H14F2O2S/c17-13-6-7-14(18)12(9-13)10-21-15(16(19)20)8-11-4-2-1-3-5-11/h1-7,9,15H,8,10H2,(H,19,20). The number of hydrogen-bond acceptors (Lipinski definition) is 2. The molecule has 0 aliphatic carbocycles. The molecule has 2 aromatic carbocycles. The van der Waals surface area contributed by atoms with Gasteiger partial charge >= 0.3 is 5.97 Å². The van der Waals surface area contributed by atoms with Crippen LogP contribution in [0.5, 0.6) is 0 Å². The van der Waals surface area contributed by atoms with Gasteiger partial charge in [0.05, 0.1) is 0 Å². The number of rotatable bonds is 6. The first-order chi connectivity index (χ1) is 10.1. The monoisotopic (exact) mass is 308 g/mol. The highest BCUT2D eigenvalue weighted by Gasteiger charge is 2.19. The van der Waals surface area contributed by atoms with Crippen LogP contribution in [0.15, 0.2) is 48.5 Å². The minimum atomic E-state index is -0.958. The van der Waals surface area contributed by atoms with Crippen molar-refractivity contribution in [2.24, 2.45) is 0 Å². The maximum absolute atomic E-state index is 13.5. The lowest BCUT2D eigenvalue weighted by Gasteiger charge is -2.12. The van der Waals surface area contributed by atoms with Crippen LogP contribution in [-0.4, -0.2) is 16.3 Å². The van der Waals surface area contributed by atoms with Crippen LogP contribution in [0.1, 0.15) is 11.1 Å². The SMILES string of the molecule is O=C(O)C(Cc1ccccc1)SCc1cc(F)ccc1F. The molecule has 1 N–H and O–H groups in total. The summed E-state index contributed by atoms with van der Waals surface area (Å²) in [5.74, 6) is -1.89. The molecular formula is C16H14F2O2S. The second-order valence-electron chi connectivity index (χ2n) is 4.56. The average molecular weight is 308 g/mol. The summed E-state index contributed by atoms with van der Waals surface area (Å²) in [6.45, 7) is 0. The van der Waals surface area contributed by atoms with Gasteiger partial charge in [0.15, 0.2) is 0 Å². The van der Waals surface area contributed by atoms with Gasteiger partial charge in [-0.2, -0.15) is 0 Å². The van der Waals surface area contributed by atoms with Crippen molar-refractivity contribution < 1.29 is 18.7 Å². The van der Waals surface area contributed by atoms with Crippen LogP contribution < -0.4 is 0 Å². The topological polar surface area (TPSA) is 37.3 Å². The van der Waals surface area contributed by atoms with E-state index in [9.17, 15) is 18.7 Å². The molecule has 0 saturated carbocycles. The van der Waals surface area contributed by atoms with Gasteiger partial charge in [0.25, 0.3) is 0 Å². The van der Waals surface area contributed by atoms with Crippen LogP contribution in [0.25, 0.3) is 0 Å². The van der Waals surface area contributed by atoms with Crippen LogP contribution in [0.3, 0.4) is 0 Å². The van der Waals surface area contributed by atoms with Gasteiger partial charge in [-0.05, 0) is 30.2 Å². The summed E-state index contributed by atoms with van der Waals surface area (Å²) in [7, 11) is 0. The maximum atomic E-state index is 13.5. The number of carboxylic acids is 1. The highest BCUT2D eigenvalue weighted by atomic mass is 32.2. The molecule has 0 radical (unpaired) electrons. The third-order valence-electron chi connectivity index (χ3n) is 2.99. The Balaban J connectivity index is 2.03. The van der Waals surface area contributed by atoms with Gasteiger partial charge in [-0.1, -0.05) is 30.3 Å². The molecule has 0 amide bonds. The minimum absolute atomic E-state index is 0.118. The Kier molecular flexibility index (Phi) is 5.33. The van der Waals surface area contributed by atoms with Gasteiger partial charge < -0.3 is 5.11 Å². The Bertz CT molecular complexity index is 617. The molecule has 1 atom stereocenters. The van der Waals surface area contributed by atoms with Crippen LogP contribution in [0.4, 0.5) is 8.78 Å². The normalized spacial score (nSPS) is 12.1. The van der Waals surface area contributed by atoms with E-state index in [1.165, 1.54) is 0 Å². The lowest BCUT2D eigenvalue weighted by molar-refractivity contribution is -0.136. The second kappa shape index (κ2) is 7.22. The first-order valence-corrected chi connectivity index (χ1v) is 7.43. The van der Waals surface area contributed by atoms with Gasteiger partial charge in [0.1, 0.15) is 16.9 Å². The van der Waals surface area contributed by atoms with E-state index in [-0.39, 0.29) is 11.3 Å². The average Bonchev–Trinajstić information content (AvgIpc) is 2.47. The molecule has 2 rings (SSSR count). The summed E-state index contributed by atoms with van der Waals surface area (Å²) in [6.07, 6.45) is 0.345. The van der Waals surface area contributed by atoms with E-state index in [0.29, 0.717) is 6.42 Å². The lowest BCUT2D eigenvalue weighted by atomic mass is 10.1. The predicted molar refractivity (Wildman–Crippen MR) is 79.2 cm³/mol. The van der Waals surface area contributed by atoms with E-state index in [2.05, 4.69) is 0 Å². The van der Waals surface area contributed by atoms with Gasteiger partial charge in [-0.25, -0.2) is 8.78 Å². The highest BCUT2D eigenvalue weighted by Crippen LogP contribution is 2.23. The zero-order valence-electron chi connectivity index (χ0n) is 11.1. The summed E-state index contributed by atoms with van der Waals surface area (Å²) < 4.78 is 26.6. The van der Waals surface area contributed by atoms with Crippen molar-refractivity contribution in [2.45, 2.75) is 17.4 Å². The van der Waals surface area contributed by atoms with Crippen LogP contribution >= 0.6 is 11.8 Å². The van der Waals surface area contributed by atoms with Crippen LogP contribution in [-0.2, 0) is 17.0 Å². The van der Waals surface area contributed by atoms with Gasteiger partial charge in [-0.15, -0.1) is 11.8 Å². The van der Waals surface area contributed by atoms with Crippen molar-refractivity contribution >= 4 is 17.7 Å². The fourth-order valence-electron chi connectivity index (χ4n) is 1.89. The maximum Gasteiger partial charge on any atom is 0.316 e. The molecule has 110 valence electrons. The van der Waals surface area contributed by atoms with E-state index in [4.69, 9.17) is 0 Å². The third-order valence-corrected chi connectivity index (χ3v) is 4.24. The molecule has 21 heavy (non-hydrogen) atoms. The van der Waals surface area contributed by atoms with Crippen molar-refractivity contribution in [3.05, 3.63) is 71.3 Å². The van der Waals surface area contributed by atoms with E-state index in [1.807, 2.05) is 30.3 Å². The number of carboxylic acid groups (broad SMARTS) is 1. The number of hydrogen-bond donors (Lipinski definition) is 1. The molecule has 1 unspecified atom stereocenters. The Morgan fingerprint density at radius 2 is 1.86 bits per heavy atom. The van der Waals surface area contributed by atoms with E-state index in [1.54, 1.807) is 0 Å². The van der Waals surface area contributed by atoms with E-state index >= 15 is 0 Å². The fourth-order valence-corrected chi connectivity index (χ4v) is 2.94. The highest BCUT2D eigenvalue weighted by molar-refractivity contribution is 7.99. The Hall–Kier alpha value is -1.88. The predicted octanol–water partition coefficient (Wildman–Crippen LogP) is 3.89. The summed E-state index contributed by atoms with van der Waals surface area (Å²) >= 11 is 1.09. The number of carbonyl (C=O) groups is 1. The molecule has 2 nitrogen and oxygen atoms in total. The number of thioether (sulfide) groups is 1. The molecule has 0 spiro atoms. The number of halogens is 2. The molecule has 0 saturated heterocycles. The summed E-state index contributed by atoms with van der Waals surface area (Å²) in [5, 5.41) is 8.55. The van der Waals surface area contributed by atoms with Crippen molar-refractivity contribution in [3.63, 3.8) is 0 Å². The van der Waals surface area contributed by atoms with Crippen molar-refractivity contribution in [2.75, 3.05) is 0 Å². The van der Waals surface area contributed by atoms with Crippen molar-refractivity contribution in [1.82, 2.24) is 0 Å². The molecule has 0 heterocycles. The Morgan fingerprint density at radius 3 is 2.52 bits per heavy atom. The first kappa shape index (κ1) is 15.5. The van der Waals surface area contributed by atoms with Gasteiger partial charge in [-0.3, -0.25) is 4.79 Å². The Morgan fingerprint density at radius 1 is 1.14 bits per heavy atom. The molecular weight excluding hydrogens is 294 g/mol. The quantitative estimate of drug-likeness (QED) is 0.879.